The van der Waals surface area contributed by atoms with Crippen molar-refractivity contribution in [3.05, 3.63) is 52.5 Å². The number of halogens is 2. The summed E-state index contributed by atoms with van der Waals surface area (Å²) >= 11 is 12.4. The first-order valence-corrected chi connectivity index (χ1v) is 8.73. The maximum absolute atomic E-state index is 12.4. The van der Waals surface area contributed by atoms with Crippen LogP contribution in [0.25, 0.3) is 0 Å². The zero-order chi connectivity index (χ0) is 17.8. The topological polar surface area (TPSA) is 44.8 Å². The number of methoxy groups -OCH3 is 1. The van der Waals surface area contributed by atoms with Crippen LogP contribution in [-0.2, 0) is 0 Å². The van der Waals surface area contributed by atoms with E-state index in [1.807, 2.05) is 30.3 Å². The minimum absolute atomic E-state index is 0.120. The van der Waals surface area contributed by atoms with Crippen molar-refractivity contribution in [3.8, 4) is 5.75 Å². The summed E-state index contributed by atoms with van der Waals surface area (Å²) in [6, 6.07) is 12.8. The van der Waals surface area contributed by atoms with Crippen molar-refractivity contribution in [2.45, 2.75) is 0 Å². The highest BCUT2D eigenvalue weighted by Gasteiger charge is 2.23. The van der Waals surface area contributed by atoms with Crippen LogP contribution in [0.15, 0.2) is 42.5 Å². The maximum Gasteiger partial charge on any atom is 0.321 e. The van der Waals surface area contributed by atoms with Gasteiger partial charge < -0.3 is 19.9 Å². The van der Waals surface area contributed by atoms with Crippen LogP contribution < -0.4 is 15.0 Å². The minimum atomic E-state index is -0.120. The van der Waals surface area contributed by atoms with Gasteiger partial charge in [-0.2, -0.15) is 0 Å². The molecule has 7 heteroatoms. The molecule has 1 fully saturated rings. The van der Waals surface area contributed by atoms with Crippen LogP contribution in [0.3, 0.4) is 0 Å². The molecule has 0 unspecified atom stereocenters. The molecule has 25 heavy (non-hydrogen) atoms. The number of nitrogens with zero attached hydrogens (tertiary/aromatic N) is 2. The zero-order valence-electron chi connectivity index (χ0n) is 13.8. The van der Waals surface area contributed by atoms with Crippen LogP contribution in [0.4, 0.5) is 16.2 Å². The summed E-state index contributed by atoms with van der Waals surface area (Å²) in [5, 5.41) is 4.00. The van der Waals surface area contributed by atoms with Crippen molar-refractivity contribution in [2.24, 2.45) is 0 Å². The molecule has 1 heterocycles. The number of rotatable bonds is 3. The van der Waals surface area contributed by atoms with Gasteiger partial charge in [0, 0.05) is 37.9 Å². The van der Waals surface area contributed by atoms with E-state index in [-0.39, 0.29) is 6.03 Å². The molecule has 2 aromatic carbocycles. The third-order valence-electron chi connectivity index (χ3n) is 4.16. The Morgan fingerprint density at radius 3 is 2.52 bits per heavy atom. The van der Waals surface area contributed by atoms with E-state index >= 15 is 0 Å². The highest BCUT2D eigenvalue weighted by atomic mass is 35.5. The number of ether oxygens (including phenoxy) is 1. The van der Waals surface area contributed by atoms with Gasteiger partial charge in [0.2, 0.25) is 0 Å². The molecule has 2 aromatic rings. The summed E-state index contributed by atoms with van der Waals surface area (Å²) in [4.78, 5) is 16.4. The van der Waals surface area contributed by atoms with E-state index < -0.39 is 0 Å². The second kappa shape index (κ2) is 7.85. The maximum atomic E-state index is 12.4. The van der Waals surface area contributed by atoms with Gasteiger partial charge in [0.15, 0.2) is 0 Å². The van der Waals surface area contributed by atoms with Gasteiger partial charge in [-0.05, 0) is 24.3 Å². The average molecular weight is 380 g/mol. The van der Waals surface area contributed by atoms with E-state index in [2.05, 4.69) is 10.2 Å². The molecule has 2 amide bonds. The predicted octanol–water partition coefficient (Wildman–Crippen LogP) is 4.36. The molecule has 1 aliphatic rings. The third kappa shape index (κ3) is 4.11. The molecule has 3 rings (SSSR count). The molecule has 0 bridgehead atoms. The van der Waals surface area contributed by atoms with Gasteiger partial charge in [-0.1, -0.05) is 35.3 Å². The van der Waals surface area contributed by atoms with Crippen molar-refractivity contribution >= 4 is 40.6 Å². The molecule has 132 valence electrons. The molecule has 0 saturated carbocycles. The molecular formula is C18H19Cl2N3O2. The van der Waals surface area contributed by atoms with Crippen LogP contribution in [0.1, 0.15) is 0 Å². The monoisotopic (exact) mass is 379 g/mol. The van der Waals surface area contributed by atoms with Gasteiger partial charge in [-0.3, -0.25) is 0 Å². The average Bonchev–Trinajstić information content (AvgIpc) is 2.64. The number of piperazine rings is 1. The normalized spacial score (nSPS) is 14.4. The fraction of sp³-hybridized carbons (Fsp3) is 0.278. The number of hydrogen-bond acceptors (Lipinski definition) is 3. The number of hydrogen-bond donors (Lipinski definition) is 1. The summed E-state index contributed by atoms with van der Waals surface area (Å²) in [5.74, 6) is 0.707. The second-order valence-electron chi connectivity index (χ2n) is 5.71. The van der Waals surface area contributed by atoms with Crippen molar-refractivity contribution in [2.75, 3.05) is 43.5 Å². The molecule has 1 N–H and O–H groups in total. The van der Waals surface area contributed by atoms with E-state index in [4.69, 9.17) is 27.9 Å². The van der Waals surface area contributed by atoms with Crippen LogP contribution in [0.5, 0.6) is 5.75 Å². The van der Waals surface area contributed by atoms with Gasteiger partial charge in [0.1, 0.15) is 5.75 Å². The molecular weight excluding hydrogens is 361 g/mol. The fourth-order valence-electron chi connectivity index (χ4n) is 2.79. The number of carbonyl (C=O) groups is 1. The first-order chi connectivity index (χ1) is 12.1. The smallest absolute Gasteiger partial charge is 0.321 e. The standard InChI is InChI=1S/C18H19Cl2N3O2/c1-25-14-5-2-4-13(12-14)21-18(24)23-10-8-22(9-11-23)16-7-3-6-15(19)17(16)20/h2-7,12H,8-11H2,1H3,(H,21,24). The van der Waals surface area contributed by atoms with Gasteiger partial charge in [-0.25, -0.2) is 4.79 Å². The Morgan fingerprint density at radius 2 is 1.80 bits per heavy atom. The Balaban J connectivity index is 1.60. The second-order valence-corrected chi connectivity index (χ2v) is 6.49. The fourth-order valence-corrected chi connectivity index (χ4v) is 3.21. The molecule has 5 nitrogen and oxygen atoms in total. The largest absolute Gasteiger partial charge is 0.497 e. The lowest BCUT2D eigenvalue weighted by atomic mass is 10.2. The number of urea groups is 1. The summed E-state index contributed by atoms with van der Waals surface area (Å²) in [6.07, 6.45) is 0. The summed E-state index contributed by atoms with van der Waals surface area (Å²) in [5.41, 5.74) is 1.62. The molecule has 0 aliphatic carbocycles. The summed E-state index contributed by atoms with van der Waals surface area (Å²) in [6.45, 7) is 2.62. The Morgan fingerprint density at radius 1 is 1.08 bits per heavy atom. The highest BCUT2D eigenvalue weighted by molar-refractivity contribution is 6.43. The van der Waals surface area contributed by atoms with Gasteiger partial charge in [-0.15, -0.1) is 0 Å². The van der Waals surface area contributed by atoms with Crippen LogP contribution >= 0.6 is 23.2 Å². The summed E-state index contributed by atoms with van der Waals surface area (Å²) in [7, 11) is 1.60. The minimum Gasteiger partial charge on any atom is -0.497 e. The number of anilines is 2. The Labute approximate surface area is 157 Å². The SMILES string of the molecule is COc1cccc(NC(=O)N2CCN(c3cccc(Cl)c3Cl)CC2)c1. The quantitative estimate of drug-likeness (QED) is 0.861. The van der Waals surface area contributed by atoms with Gasteiger partial charge in [0.25, 0.3) is 0 Å². The molecule has 0 spiro atoms. The van der Waals surface area contributed by atoms with E-state index in [0.29, 0.717) is 47.7 Å². The van der Waals surface area contributed by atoms with E-state index in [0.717, 1.165) is 5.69 Å². The van der Waals surface area contributed by atoms with Crippen molar-refractivity contribution in [1.29, 1.82) is 0 Å². The lowest BCUT2D eigenvalue weighted by Crippen LogP contribution is -2.50. The van der Waals surface area contributed by atoms with E-state index in [1.165, 1.54) is 0 Å². The predicted molar refractivity (Wildman–Crippen MR) is 102 cm³/mol. The number of nitrogens with one attached hydrogen (secondary N) is 1. The number of carbonyl (C=O) groups excluding carboxylic acids is 1. The van der Waals surface area contributed by atoms with Gasteiger partial charge >= 0.3 is 6.03 Å². The first kappa shape index (κ1) is 17.7. The molecule has 1 saturated heterocycles. The lowest BCUT2D eigenvalue weighted by Gasteiger charge is -2.36. The molecule has 0 aromatic heterocycles. The third-order valence-corrected chi connectivity index (χ3v) is 4.97. The van der Waals surface area contributed by atoms with Crippen LogP contribution in [0, 0.1) is 0 Å². The first-order valence-electron chi connectivity index (χ1n) is 7.97. The number of amides is 2. The molecule has 0 radical (unpaired) electrons. The van der Waals surface area contributed by atoms with E-state index in [1.54, 1.807) is 24.1 Å². The Kier molecular flexibility index (Phi) is 5.56. The lowest BCUT2D eigenvalue weighted by molar-refractivity contribution is 0.208. The van der Waals surface area contributed by atoms with Crippen molar-refractivity contribution in [1.82, 2.24) is 4.90 Å². The highest BCUT2D eigenvalue weighted by Crippen LogP contribution is 2.32. The number of benzene rings is 2. The van der Waals surface area contributed by atoms with Gasteiger partial charge in [0.05, 0.1) is 22.8 Å². The van der Waals surface area contributed by atoms with E-state index in [9.17, 15) is 4.79 Å². The van der Waals surface area contributed by atoms with Crippen molar-refractivity contribution < 1.29 is 9.53 Å². The van der Waals surface area contributed by atoms with Crippen LogP contribution in [0.2, 0.25) is 10.0 Å². The van der Waals surface area contributed by atoms with Crippen LogP contribution in [-0.4, -0.2) is 44.2 Å². The Hall–Kier alpha value is -2.11. The molecule has 1 aliphatic heterocycles. The zero-order valence-corrected chi connectivity index (χ0v) is 15.3. The molecule has 0 atom stereocenters. The summed E-state index contributed by atoms with van der Waals surface area (Å²) < 4.78 is 5.17. The van der Waals surface area contributed by atoms with Crippen molar-refractivity contribution in [3.63, 3.8) is 0 Å². The Bertz CT molecular complexity index is 762.